The first-order valence-electron chi connectivity index (χ1n) is 16.0. The molecule has 2 heterocycles. The van der Waals surface area contributed by atoms with Crippen LogP contribution in [-0.2, 0) is 0 Å². The predicted molar refractivity (Wildman–Crippen MR) is 171 cm³/mol. The van der Waals surface area contributed by atoms with E-state index in [9.17, 15) is 0 Å². The fourth-order valence-electron chi connectivity index (χ4n) is 6.35. The van der Waals surface area contributed by atoms with Crippen LogP contribution in [0.15, 0.2) is 145 Å². The molecule has 0 amide bonds. The second kappa shape index (κ2) is 9.03. The van der Waals surface area contributed by atoms with E-state index in [1.165, 1.54) is 0 Å². The average molecular weight is 515 g/mol. The predicted octanol–water partition coefficient (Wildman–Crippen LogP) is 7.74. The van der Waals surface area contributed by atoms with Gasteiger partial charge in [0.15, 0.2) is 0 Å². The number of aryl methyl sites for hydroxylation is 1. The molecular weight excluding hydrogens is 483 g/mol. The zero-order chi connectivity index (χ0) is 31.0. The lowest BCUT2D eigenvalue weighted by Crippen LogP contribution is -2.61. The minimum Gasteiger partial charge on any atom is -0.311 e. The summed E-state index contributed by atoms with van der Waals surface area (Å²) in [7, 11) is 0. The lowest BCUT2D eigenvalue weighted by atomic mass is 9.33. The number of benzene rings is 6. The van der Waals surface area contributed by atoms with Crippen LogP contribution in [0.3, 0.4) is 0 Å². The largest absolute Gasteiger partial charge is 0.311 e. The molecule has 2 aliphatic rings. The third kappa shape index (κ3) is 3.44. The van der Waals surface area contributed by atoms with Crippen molar-refractivity contribution in [2.24, 2.45) is 0 Å². The maximum absolute atomic E-state index is 8.72. The number of fused-ring (bicyclic) bond motifs is 4. The van der Waals surface area contributed by atoms with Gasteiger partial charge in [-0.25, -0.2) is 0 Å². The third-order valence-electron chi connectivity index (χ3n) is 7.94. The maximum atomic E-state index is 8.72. The second-order valence-corrected chi connectivity index (χ2v) is 10.3. The highest BCUT2D eigenvalue weighted by Gasteiger charge is 2.43. The Labute approximate surface area is 242 Å². The van der Waals surface area contributed by atoms with Gasteiger partial charge in [0, 0.05) is 34.1 Å². The fraction of sp³-hybridized carbons (Fsp3) is 0.0270. The van der Waals surface area contributed by atoms with E-state index >= 15 is 0 Å². The molecule has 0 saturated carbocycles. The maximum Gasteiger partial charge on any atom is 0.252 e. The van der Waals surface area contributed by atoms with Gasteiger partial charge in [-0.3, -0.25) is 0 Å². The first-order chi connectivity index (χ1) is 21.8. The van der Waals surface area contributed by atoms with E-state index in [-0.39, 0.29) is 36.4 Å². The highest BCUT2D eigenvalue weighted by Crippen LogP contribution is 2.44. The van der Waals surface area contributed by atoms with Crippen molar-refractivity contribution in [1.29, 1.82) is 0 Å². The number of anilines is 6. The molecule has 2 aliphatic heterocycles. The summed E-state index contributed by atoms with van der Waals surface area (Å²) < 4.78 is 42.2. The van der Waals surface area contributed by atoms with E-state index < -0.39 is 6.04 Å². The first-order valence-corrected chi connectivity index (χ1v) is 13.5. The van der Waals surface area contributed by atoms with E-state index in [2.05, 4.69) is 89.5 Å². The highest BCUT2D eigenvalue weighted by atomic mass is 15.2. The lowest BCUT2D eigenvalue weighted by Gasteiger charge is -2.44. The van der Waals surface area contributed by atoms with Crippen molar-refractivity contribution in [1.82, 2.24) is 0 Å². The molecule has 0 saturated heterocycles. The lowest BCUT2D eigenvalue weighted by molar-refractivity contribution is 1.24. The molecule has 8 rings (SSSR count). The normalized spacial score (nSPS) is 14.7. The quantitative estimate of drug-likeness (QED) is 0.222. The van der Waals surface area contributed by atoms with Gasteiger partial charge in [-0.2, -0.15) is 0 Å². The Bertz CT molecular complexity index is 2110. The smallest absolute Gasteiger partial charge is 0.252 e. The van der Waals surface area contributed by atoms with Gasteiger partial charge in [-0.05, 0) is 88.5 Å². The minimum atomic E-state index is -0.391. The molecule has 188 valence electrons. The van der Waals surface area contributed by atoms with E-state index in [0.717, 1.165) is 56.1 Å². The standard InChI is InChI=1S/C37H27BN2/c1-26-23-35-37-36(24-26)40(30-17-9-4-10-18-30)34-22-21-28(27-13-5-2-6-14-27)25-32(34)38(37)31-19-11-12-20-33(31)39(35)29-15-7-3-8-16-29/h2-25H,1H3/i2D,5D,6D,13D,14D. The van der Waals surface area contributed by atoms with E-state index in [1.54, 1.807) is 0 Å². The summed E-state index contributed by atoms with van der Waals surface area (Å²) in [6, 6.07) is 38.2. The van der Waals surface area contributed by atoms with E-state index in [4.69, 9.17) is 6.85 Å². The number of hydrogen-bond acceptors (Lipinski definition) is 2. The number of rotatable bonds is 3. The van der Waals surface area contributed by atoms with Crippen molar-refractivity contribution in [2.75, 3.05) is 9.80 Å². The summed E-state index contributed by atoms with van der Waals surface area (Å²) in [6.45, 7) is 1.99. The summed E-state index contributed by atoms with van der Waals surface area (Å²) in [5.41, 5.74) is 11.6. The van der Waals surface area contributed by atoms with Crippen molar-refractivity contribution in [3.05, 3.63) is 151 Å². The molecule has 0 aromatic heterocycles. The summed E-state index contributed by atoms with van der Waals surface area (Å²) in [5, 5.41) is 0. The van der Waals surface area contributed by atoms with E-state index in [1.807, 2.05) is 42.5 Å². The van der Waals surface area contributed by atoms with Crippen molar-refractivity contribution in [3.63, 3.8) is 0 Å². The molecule has 2 nitrogen and oxygen atoms in total. The molecule has 0 N–H and O–H groups in total. The van der Waals surface area contributed by atoms with Crippen LogP contribution in [0.1, 0.15) is 12.4 Å². The van der Waals surface area contributed by atoms with Crippen LogP contribution in [-0.4, -0.2) is 6.71 Å². The Hall–Kier alpha value is -5.02. The van der Waals surface area contributed by atoms with Crippen LogP contribution >= 0.6 is 0 Å². The Morgan fingerprint density at radius 2 is 1.10 bits per heavy atom. The van der Waals surface area contributed by atoms with Gasteiger partial charge >= 0.3 is 0 Å². The molecular formula is C37H27BN2. The van der Waals surface area contributed by atoms with Gasteiger partial charge in [-0.1, -0.05) is 96.9 Å². The molecule has 0 spiro atoms. The molecule has 40 heavy (non-hydrogen) atoms. The summed E-state index contributed by atoms with van der Waals surface area (Å²) >= 11 is 0. The van der Waals surface area contributed by atoms with Gasteiger partial charge in [0.1, 0.15) is 0 Å². The van der Waals surface area contributed by atoms with Crippen molar-refractivity contribution in [2.45, 2.75) is 6.92 Å². The zero-order valence-electron chi connectivity index (χ0n) is 26.9. The van der Waals surface area contributed by atoms with E-state index in [0.29, 0.717) is 5.56 Å². The second-order valence-electron chi connectivity index (χ2n) is 10.3. The molecule has 0 radical (unpaired) electrons. The van der Waals surface area contributed by atoms with Gasteiger partial charge in [0.25, 0.3) is 6.71 Å². The molecule has 0 aliphatic carbocycles. The molecule has 0 unspecified atom stereocenters. The Morgan fingerprint density at radius 3 is 1.75 bits per heavy atom. The van der Waals surface area contributed by atoms with Gasteiger partial charge in [0.05, 0.1) is 6.85 Å². The van der Waals surface area contributed by atoms with Crippen LogP contribution < -0.4 is 26.2 Å². The first kappa shape index (κ1) is 18.3. The minimum absolute atomic E-state index is 0.147. The molecule has 0 atom stereocenters. The Balaban J connectivity index is 1.47. The number of nitrogens with zero attached hydrogens (tertiary/aromatic N) is 2. The molecule has 0 bridgehead atoms. The van der Waals surface area contributed by atoms with Gasteiger partial charge in [-0.15, -0.1) is 0 Å². The van der Waals surface area contributed by atoms with Gasteiger partial charge in [0.2, 0.25) is 0 Å². The summed E-state index contributed by atoms with van der Waals surface area (Å²) in [4.78, 5) is 4.63. The number of hydrogen-bond donors (Lipinski definition) is 0. The van der Waals surface area contributed by atoms with Crippen LogP contribution in [0.5, 0.6) is 0 Å². The third-order valence-corrected chi connectivity index (χ3v) is 7.94. The molecule has 6 aromatic carbocycles. The van der Waals surface area contributed by atoms with Gasteiger partial charge < -0.3 is 9.80 Å². The molecule has 3 heteroatoms. The fourth-order valence-corrected chi connectivity index (χ4v) is 6.35. The zero-order valence-corrected chi connectivity index (χ0v) is 21.9. The topological polar surface area (TPSA) is 6.48 Å². The Morgan fingerprint density at radius 1 is 0.525 bits per heavy atom. The SMILES string of the molecule is [2H]c1c([2H])c([2H])c(-c2ccc3c(c2)B2c4ccccc4N(c4ccccc4)c4cc(C)cc(c42)N3c2ccccc2)c([2H])c1[2H]. The van der Waals surface area contributed by atoms with Crippen LogP contribution in [0.25, 0.3) is 11.1 Å². The molecule has 6 aromatic rings. The van der Waals surface area contributed by atoms with Crippen LogP contribution in [0, 0.1) is 6.92 Å². The number of para-hydroxylation sites is 3. The van der Waals surface area contributed by atoms with Crippen molar-refractivity contribution >= 4 is 57.2 Å². The van der Waals surface area contributed by atoms with Crippen LogP contribution in [0.2, 0.25) is 0 Å². The average Bonchev–Trinajstić information content (AvgIpc) is 3.07. The van der Waals surface area contributed by atoms with Crippen molar-refractivity contribution < 1.29 is 6.85 Å². The van der Waals surface area contributed by atoms with Crippen molar-refractivity contribution in [3.8, 4) is 11.1 Å². The van der Waals surface area contributed by atoms with Crippen LogP contribution in [0.4, 0.5) is 34.1 Å². The summed E-state index contributed by atoms with van der Waals surface area (Å²) in [6.07, 6.45) is 0. The molecule has 0 fully saturated rings. The Kier molecular flexibility index (Phi) is 4.13. The monoisotopic (exact) mass is 515 g/mol. The highest BCUT2D eigenvalue weighted by molar-refractivity contribution is 7.00. The summed E-state index contributed by atoms with van der Waals surface area (Å²) in [5.74, 6) is 0.